The van der Waals surface area contributed by atoms with Crippen LogP contribution in [0.1, 0.15) is 75.0 Å². The van der Waals surface area contributed by atoms with Gasteiger partial charge in [0, 0.05) is 36.4 Å². The Morgan fingerprint density at radius 1 is 0.911 bits per heavy atom. The summed E-state index contributed by atoms with van der Waals surface area (Å²) >= 11 is 3.67. The van der Waals surface area contributed by atoms with Crippen molar-refractivity contribution in [1.82, 2.24) is 4.90 Å². The number of aldehydes is 1. The van der Waals surface area contributed by atoms with E-state index in [4.69, 9.17) is 9.47 Å². The normalized spacial score (nSPS) is 19.4. The highest BCUT2D eigenvalue weighted by Gasteiger charge is 2.24. The first-order valence-electron chi connectivity index (χ1n) is 16.4. The van der Waals surface area contributed by atoms with E-state index in [1.807, 2.05) is 19.1 Å². The first kappa shape index (κ1) is 31.5. The number of allylic oxidation sites excluding steroid dienone is 4. The van der Waals surface area contributed by atoms with E-state index in [-0.39, 0.29) is 5.91 Å². The molecule has 0 unspecified atom stereocenters. The number of amides is 1. The molecule has 2 aromatic carbocycles. The Morgan fingerprint density at radius 2 is 1.56 bits per heavy atom. The maximum absolute atomic E-state index is 12.3. The fourth-order valence-electron chi connectivity index (χ4n) is 6.23. The molecule has 238 valence electrons. The largest absolute Gasteiger partial charge is 0.491 e. The molecule has 4 aliphatic rings. The fourth-order valence-corrected chi connectivity index (χ4v) is 6.71. The Bertz CT molecular complexity index is 1540. The summed E-state index contributed by atoms with van der Waals surface area (Å²) in [6.45, 7) is 3.94. The van der Waals surface area contributed by atoms with E-state index in [9.17, 15) is 9.59 Å². The van der Waals surface area contributed by atoms with Gasteiger partial charge in [-0.1, -0.05) is 28.8 Å². The van der Waals surface area contributed by atoms with Crippen LogP contribution in [-0.4, -0.2) is 43.9 Å². The number of carbonyl (C=O) groups is 2. The summed E-state index contributed by atoms with van der Waals surface area (Å²) in [7, 11) is 2.05. The van der Waals surface area contributed by atoms with Crippen molar-refractivity contribution in [2.45, 2.75) is 71.1 Å². The molecule has 2 saturated carbocycles. The van der Waals surface area contributed by atoms with Crippen LogP contribution < -0.4 is 20.1 Å². The number of nitrogens with one attached hydrogen (secondary N) is 2. The van der Waals surface area contributed by atoms with Crippen LogP contribution in [0, 0.1) is 11.8 Å². The molecule has 0 saturated heterocycles. The molecule has 0 aromatic heterocycles. The summed E-state index contributed by atoms with van der Waals surface area (Å²) in [5.41, 5.74) is 7.91. The second kappa shape index (κ2) is 14.3. The molecule has 1 amide bonds. The Kier molecular flexibility index (Phi) is 9.98. The summed E-state index contributed by atoms with van der Waals surface area (Å²) < 4.78 is 13.7. The summed E-state index contributed by atoms with van der Waals surface area (Å²) in [5, 5.41) is 6.72. The number of aryl methyl sites for hydroxylation is 2. The van der Waals surface area contributed by atoms with Crippen molar-refractivity contribution in [2.24, 2.45) is 11.8 Å². The van der Waals surface area contributed by atoms with Crippen LogP contribution in [0.4, 0.5) is 11.4 Å². The van der Waals surface area contributed by atoms with E-state index in [1.54, 1.807) is 0 Å². The van der Waals surface area contributed by atoms with Gasteiger partial charge < -0.3 is 25.0 Å². The highest BCUT2D eigenvalue weighted by Crippen LogP contribution is 2.40. The molecule has 2 fully saturated rings. The van der Waals surface area contributed by atoms with Crippen LogP contribution in [0.5, 0.6) is 11.5 Å². The van der Waals surface area contributed by atoms with Gasteiger partial charge in [0.1, 0.15) is 17.8 Å². The van der Waals surface area contributed by atoms with Gasteiger partial charge in [-0.15, -0.1) is 0 Å². The number of likely N-dealkylation sites (N-methyl/N-ethyl adjacent to an activating group) is 1. The topological polar surface area (TPSA) is 79.9 Å². The molecule has 2 N–H and O–H groups in total. The molecule has 8 heteroatoms. The smallest absolute Gasteiger partial charge is 0.224 e. The van der Waals surface area contributed by atoms with Crippen molar-refractivity contribution in [3.63, 3.8) is 0 Å². The Morgan fingerprint density at radius 3 is 2.22 bits per heavy atom. The maximum atomic E-state index is 12.3. The number of hydrogen-bond acceptors (Lipinski definition) is 6. The molecule has 6 rings (SSSR count). The van der Waals surface area contributed by atoms with Gasteiger partial charge in [0.15, 0.2) is 0 Å². The van der Waals surface area contributed by atoms with Crippen LogP contribution in [0.3, 0.4) is 0 Å². The van der Waals surface area contributed by atoms with E-state index in [0.717, 1.165) is 64.0 Å². The van der Waals surface area contributed by atoms with Crippen LogP contribution >= 0.6 is 15.9 Å². The molecule has 2 aromatic rings. The summed E-state index contributed by atoms with van der Waals surface area (Å²) in [4.78, 5) is 26.1. The first-order valence-corrected chi connectivity index (χ1v) is 17.2. The number of halogens is 1. The van der Waals surface area contributed by atoms with Gasteiger partial charge in [-0.2, -0.15) is 0 Å². The standard InChI is InChI=1S/C37H44BrN3O4/c1-24(21-42)15-30(29-16-27-10-12-35(43)40-37(27)33(18-29)44-22-25-5-3-6-25)20-41(2)14-13-32-11-9-28-17-31(38)19-34(36(28)39-32)45-23-26-7-4-8-26/h13,15-21,25-26,39H,3-12,14,22-23H2,1-2H3,(H,40,43)/b24-15-,30-20+,32-13-. The summed E-state index contributed by atoms with van der Waals surface area (Å²) in [5.74, 6) is 2.89. The van der Waals surface area contributed by atoms with Crippen molar-refractivity contribution in [3.8, 4) is 11.5 Å². The van der Waals surface area contributed by atoms with Crippen molar-refractivity contribution in [1.29, 1.82) is 0 Å². The predicted octanol–water partition coefficient (Wildman–Crippen LogP) is 8.05. The maximum Gasteiger partial charge on any atom is 0.224 e. The van der Waals surface area contributed by atoms with E-state index >= 15 is 0 Å². The molecule has 0 bridgehead atoms. The lowest BCUT2D eigenvalue weighted by molar-refractivity contribution is -0.116. The summed E-state index contributed by atoms with van der Waals surface area (Å²) in [6, 6.07) is 8.40. The Hall–Kier alpha value is -3.52. The number of hydrogen-bond donors (Lipinski definition) is 2. The minimum absolute atomic E-state index is 0.0209. The minimum Gasteiger partial charge on any atom is -0.491 e. The quantitative estimate of drug-likeness (QED) is 0.135. The van der Waals surface area contributed by atoms with Gasteiger partial charge in [-0.25, -0.2) is 0 Å². The van der Waals surface area contributed by atoms with Crippen LogP contribution in [0.2, 0.25) is 0 Å². The van der Waals surface area contributed by atoms with E-state index in [0.29, 0.717) is 49.2 Å². The predicted molar refractivity (Wildman–Crippen MR) is 184 cm³/mol. The molecule has 7 nitrogen and oxygen atoms in total. The highest BCUT2D eigenvalue weighted by atomic mass is 79.9. The molecule has 0 radical (unpaired) electrons. The van der Waals surface area contributed by atoms with E-state index in [2.05, 4.69) is 69.0 Å². The number of anilines is 2. The lowest BCUT2D eigenvalue weighted by Gasteiger charge is -2.28. The Balaban J connectivity index is 1.22. The second-order valence-electron chi connectivity index (χ2n) is 13.1. The van der Waals surface area contributed by atoms with Crippen molar-refractivity contribution in [3.05, 3.63) is 75.1 Å². The zero-order valence-electron chi connectivity index (χ0n) is 26.4. The van der Waals surface area contributed by atoms with Gasteiger partial charge in [-0.3, -0.25) is 9.59 Å². The molecular formula is C37H44BrN3O4. The zero-order chi connectivity index (χ0) is 31.3. The van der Waals surface area contributed by atoms with Crippen molar-refractivity contribution in [2.75, 3.05) is 37.4 Å². The van der Waals surface area contributed by atoms with Crippen LogP contribution in [0.25, 0.3) is 5.57 Å². The molecule has 0 atom stereocenters. The van der Waals surface area contributed by atoms with Crippen LogP contribution in [0.15, 0.2) is 58.4 Å². The molecule has 0 spiro atoms. The third-order valence-corrected chi connectivity index (χ3v) is 9.91. The van der Waals surface area contributed by atoms with Gasteiger partial charge in [0.05, 0.1) is 24.6 Å². The molecular weight excluding hydrogens is 630 g/mol. The number of rotatable bonds is 12. The number of carbonyl (C=O) groups excluding carboxylic acids is 2. The average Bonchev–Trinajstić information content (AvgIpc) is 2.98. The summed E-state index contributed by atoms with van der Waals surface area (Å²) in [6.07, 6.45) is 17.6. The number of nitrogens with zero attached hydrogens (tertiary/aromatic N) is 1. The highest BCUT2D eigenvalue weighted by molar-refractivity contribution is 9.10. The lowest BCUT2D eigenvalue weighted by atomic mass is 9.86. The number of ether oxygens (including phenoxy) is 2. The van der Waals surface area contributed by atoms with Gasteiger partial charge in [0.2, 0.25) is 5.91 Å². The second-order valence-corrected chi connectivity index (χ2v) is 14.0. The van der Waals surface area contributed by atoms with E-state index in [1.165, 1.54) is 49.8 Å². The monoisotopic (exact) mass is 673 g/mol. The Labute approximate surface area is 275 Å². The SMILES string of the molecule is C/C(C=O)=C/C(=C\N(C)C/C=C1/CCc2cc(Br)cc(OCC3CCC3)c2N1)c1cc2c(c(OCC3CCC3)c1)NC(=O)CC2. The van der Waals surface area contributed by atoms with Gasteiger partial charge in [0.25, 0.3) is 0 Å². The lowest BCUT2D eigenvalue weighted by Crippen LogP contribution is -2.23. The zero-order valence-corrected chi connectivity index (χ0v) is 28.0. The third kappa shape index (κ3) is 7.83. The average molecular weight is 675 g/mol. The minimum atomic E-state index is 0.0209. The van der Waals surface area contributed by atoms with Gasteiger partial charge >= 0.3 is 0 Å². The van der Waals surface area contributed by atoms with E-state index < -0.39 is 0 Å². The first-order chi connectivity index (χ1) is 21.8. The van der Waals surface area contributed by atoms with Crippen LogP contribution in [-0.2, 0) is 22.4 Å². The molecule has 2 heterocycles. The number of fused-ring (bicyclic) bond motifs is 2. The molecule has 45 heavy (non-hydrogen) atoms. The third-order valence-electron chi connectivity index (χ3n) is 9.45. The van der Waals surface area contributed by atoms with Crippen molar-refractivity contribution < 1.29 is 19.1 Å². The molecule has 2 aliphatic heterocycles. The van der Waals surface area contributed by atoms with Gasteiger partial charge in [-0.05, 0) is 128 Å². The molecule has 2 aliphatic carbocycles. The van der Waals surface area contributed by atoms with Crippen molar-refractivity contribution >= 4 is 45.1 Å². The number of benzene rings is 2. The fraction of sp³-hybridized carbons (Fsp3) is 0.459.